The molecular weight excluding hydrogens is 276 g/mol. The molecule has 0 radical (unpaired) electrons. The Morgan fingerprint density at radius 2 is 1.79 bits per heavy atom. The first-order chi connectivity index (χ1) is 8.63. The van der Waals surface area contributed by atoms with Gasteiger partial charge in [0, 0.05) is 17.5 Å². The first-order valence-corrected chi connectivity index (χ1v) is 7.28. The molecule has 106 valence electrons. The molecule has 4 nitrogen and oxygen atoms in total. The van der Waals surface area contributed by atoms with Gasteiger partial charge >= 0.3 is 0 Å². The van der Waals surface area contributed by atoms with Gasteiger partial charge in [-0.05, 0) is 18.6 Å². The lowest BCUT2D eigenvalue weighted by Crippen LogP contribution is -2.61. The number of hydrogen-bond donors (Lipinski definition) is 2. The molecule has 2 rings (SSSR count). The second kappa shape index (κ2) is 4.50. The van der Waals surface area contributed by atoms with Gasteiger partial charge in [0.2, 0.25) is 10.0 Å². The second-order valence-electron chi connectivity index (χ2n) is 5.35. The van der Waals surface area contributed by atoms with Crippen molar-refractivity contribution in [2.45, 2.75) is 37.3 Å². The zero-order chi connectivity index (χ0) is 14.4. The highest BCUT2D eigenvalue weighted by molar-refractivity contribution is 7.89. The summed E-state index contributed by atoms with van der Waals surface area (Å²) < 4.78 is 52.4. The van der Waals surface area contributed by atoms with Gasteiger partial charge in [0.1, 0.15) is 11.6 Å². The average Bonchev–Trinajstić information content (AvgIpc) is 2.27. The van der Waals surface area contributed by atoms with Crippen LogP contribution in [0, 0.1) is 17.0 Å². The molecular formula is C12H15F2NO3S. The Morgan fingerprint density at radius 1 is 1.26 bits per heavy atom. The molecule has 2 atom stereocenters. The lowest BCUT2D eigenvalue weighted by Gasteiger charge is -2.49. The van der Waals surface area contributed by atoms with E-state index in [9.17, 15) is 22.3 Å². The summed E-state index contributed by atoms with van der Waals surface area (Å²) in [6.45, 7) is 3.45. The smallest absolute Gasteiger partial charge is 0.241 e. The van der Waals surface area contributed by atoms with Gasteiger partial charge in [0.15, 0.2) is 0 Å². The molecule has 0 saturated heterocycles. The lowest BCUT2D eigenvalue weighted by molar-refractivity contribution is -0.0645. The molecule has 0 aromatic heterocycles. The highest BCUT2D eigenvalue weighted by atomic mass is 32.2. The topological polar surface area (TPSA) is 66.4 Å². The summed E-state index contributed by atoms with van der Waals surface area (Å²) >= 11 is 0. The SMILES string of the molecule is CC1(C)C(O)CC1NS(=O)(=O)c1cc(F)cc(F)c1. The molecule has 1 saturated carbocycles. The minimum atomic E-state index is -4.00. The van der Waals surface area contributed by atoms with E-state index < -0.39 is 44.1 Å². The van der Waals surface area contributed by atoms with Gasteiger partial charge in [-0.2, -0.15) is 0 Å². The molecule has 1 fully saturated rings. The number of nitrogens with one attached hydrogen (secondary N) is 1. The minimum Gasteiger partial charge on any atom is -0.392 e. The van der Waals surface area contributed by atoms with Crippen molar-refractivity contribution < 1.29 is 22.3 Å². The number of rotatable bonds is 3. The van der Waals surface area contributed by atoms with Crippen molar-refractivity contribution in [3.63, 3.8) is 0 Å². The maximum Gasteiger partial charge on any atom is 0.241 e. The maximum absolute atomic E-state index is 13.0. The Labute approximate surface area is 110 Å². The van der Waals surface area contributed by atoms with Crippen LogP contribution in [0.5, 0.6) is 0 Å². The number of aliphatic hydroxyl groups excluding tert-OH is 1. The van der Waals surface area contributed by atoms with Gasteiger partial charge in [-0.3, -0.25) is 0 Å². The van der Waals surface area contributed by atoms with Crippen LogP contribution in [0.3, 0.4) is 0 Å². The van der Waals surface area contributed by atoms with Crippen molar-refractivity contribution in [1.82, 2.24) is 4.72 Å². The van der Waals surface area contributed by atoms with E-state index in [0.29, 0.717) is 6.07 Å². The first kappa shape index (κ1) is 14.4. The average molecular weight is 291 g/mol. The first-order valence-electron chi connectivity index (χ1n) is 5.79. The summed E-state index contributed by atoms with van der Waals surface area (Å²) in [6.07, 6.45) is -0.311. The number of benzene rings is 1. The molecule has 0 amide bonds. The van der Waals surface area contributed by atoms with Crippen molar-refractivity contribution in [3.8, 4) is 0 Å². The third-order valence-corrected chi connectivity index (χ3v) is 5.11. The van der Waals surface area contributed by atoms with Gasteiger partial charge in [-0.15, -0.1) is 0 Å². The Hall–Kier alpha value is -1.05. The summed E-state index contributed by atoms with van der Waals surface area (Å²) in [6, 6.07) is 1.66. The van der Waals surface area contributed by atoms with E-state index in [4.69, 9.17) is 0 Å². The molecule has 2 unspecified atom stereocenters. The highest BCUT2D eigenvalue weighted by Gasteiger charge is 2.48. The molecule has 0 aliphatic heterocycles. The van der Waals surface area contributed by atoms with Crippen molar-refractivity contribution in [3.05, 3.63) is 29.8 Å². The van der Waals surface area contributed by atoms with Crippen LogP contribution in [0.2, 0.25) is 0 Å². The monoisotopic (exact) mass is 291 g/mol. The van der Waals surface area contributed by atoms with E-state index >= 15 is 0 Å². The van der Waals surface area contributed by atoms with E-state index in [2.05, 4.69) is 4.72 Å². The molecule has 1 aliphatic rings. The largest absolute Gasteiger partial charge is 0.392 e. The lowest BCUT2D eigenvalue weighted by atomic mass is 9.65. The van der Waals surface area contributed by atoms with Gasteiger partial charge in [-0.25, -0.2) is 21.9 Å². The maximum atomic E-state index is 13.0. The molecule has 19 heavy (non-hydrogen) atoms. The molecule has 0 heterocycles. The van der Waals surface area contributed by atoms with Crippen molar-refractivity contribution in [2.24, 2.45) is 5.41 Å². The number of hydrogen-bond acceptors (Lipinski definition) is 3. The van der Waals surface area contributed by atoms with Crippen LogP contribution in [-0.2, 0) is 10.0 Å². The predicted molar refractivity (Wildman–Crippen MR) is 64.9 cm³/mol. The fourth-order valence-electron chi connectivity index (χ4n) is 2.04. The van der Waals surface area contributed by atoms with Crippen LogP contribution >= 0.6 is 0 Å². The van der Waals surface area contributed by atoms with Crippen LogP contribution in [0.15, 0.2) is 23.1 Å². The number of halogens is 2. The van der Waals surface area contributed by atoms with E-state index in [1.807, 2.05) is 0 Å². The summed E-state index contributed by atoms with van der Waals surface area (Å²) in [5, 5.41) is 9.55. The van der Waals surface area contributed by atoms with E-state index in [0.717, 1.165) is 12.1 Å². The summed E-state index contributed by atoms with van der Waals surface area (Å²) in [4.78, 5) is -0.456. The van der Waals surface area contributed by atoms with Crippen molar-refractivity contribution in [2.75, 3.05) is 0 Å². The Morgan fingerprint density at radius 3 is 2.21 bits per heavy atom. The fourth-order valence-corrected chi connectivity index (χ4v) is 3.49. The zero-order valence-electron chi connectivity index (χ0n) is 10.5. The highest BCUT2D eigenvalue weighted by Crippen LogP contribution is 2.41. The zero-order valence-corrected chi connectivity index (χ0v) is 11.3. The molecule has 0 bridgehead atoms. The van der Waals surface area contributed by atoms with Gasteiger partial charge in [0.25, 0.3) is 0 Å². The predicted octanol–water partition coefficient (Wildman–Crippen LogP) is 1.40. The number of sulfonamides is 1. The Balaban J connectivity index is 2.24. The van der Waals surface area contributed by atoms with Gasteiger partial charge < -0.3 is 5.11 Å². The van der Waals surface area contributed by atoms with Crippen molar-refractivity contribution in [1.29, 1.82) is 0 Å². The Kier molecular flexibility index (Phi) is 3.40. The van der Waals surface area contributed by atoms with Gasteiger partial charge in [-0.1, -0.05) is 13.8 Å². The molecule has 2 N–H and O–H groups in total. The normalized spacial score (nSPS) is 25.9. The quantitative estimate of drug-likeness (QED) is 0.884. The summed E-state index contributed by atoms with van der Waals surface area (Å²) in [5.41, 5.74) is -0.598. The van der Waals surface area contributed by atoms with E-state index in [1.54, 1.807) is 13.8 Å². The second-order valence-corrected chi connectivity index (χ2v) is 7.07. The van der Waals surface area contributed by atoms with Crippen molar-refractivity contribution >= 4 is 10.0 Å². The molecule has 1 aromatic rings. The van der Waals surface area contributed by atoms with Gasteiger partial charge in [0.05, 0.1) is 11.0 Å². The third-order valence-electron chi connectivity index (χ3n) is 3.66. The standard InChI is InChI=1S/C12H15F2NO3S/c1-12(2)10(6-11(12)16)15-19(17,18)9-4-7(13)3-8(14)5-9/h3-5,10-11,15-16H,6H2,1-2H3. The molecule has 7 heteroatoms. The van der Waals surface area contributed by atoms with Crippen LogP contribution in [0.1, 0.15) is 20.3 Å². The van der Waals surface area contributed by atoms with E-state index in [1.165, 1.54) is 0 Å². The van der Waals surface area contributed by atoms with Crippen LogP contribution < -0.4 is 4.72 Å². The molecule has 0 spiro atoms. The van der Waals surface area contributed by atoms with Crippen LogP contribution in [-0.4, -0.2) is 25.7 Å². The third kappa shape index (κ3) is 2.63. The summed E-state index contributed by atoms with van der Waals surface area (Å²) in [7, 11) is -4.00. The molecule has 1 aliphatic carbocycles. The molecule has 1 aromatic carbocycles. The number of aliphatic hydroxyl groups is 1. The minimum absolute atomic E-state index is 0.282. The van der Waals surface area contributed by atoms with E-state index in [-0.39, 0.29) is 6.42 Å². The fraction of sp³-hybridized carbons (Fsp3) is 0.500. The Bertz CT molecular complexity index is 581. The van der Waals surface area contributed by atoms with Crippen LogP contribution in [0.4, 0.5) is 8.78 Å². The summed E-state index contributed by atoms with van der Waals surface area (Å²) in [5.74, 6) is -1.90. The van der Waals surface area contributed by atoms with Crippen LogP contribution in [0.25, 0.3) is 0 Å².